The molecule has 0 bridgehead atoms. The van der Waals surface area contributed by atoms with E-state index in [2.05, 4.69) is 15.1 Å². The average molecular weight is 464 g/mol. The van der Waals surface area contributed by atoms with Crippen LogP contribution in [0.2, 0.25) is 5.02 Å². The quantitative estimate of drug-likeness (QED) is 0.374. The van der Waals surface area contributed by atoms with E-state index in [1.807, 2.05) is 0 Å². The van der Waals surface area contributed by atoms with E-state index in [1.165, 1.54) is 23.2 Å². The minimum atomic E-state index is -2.18. The van der Waals surface area contributed by atoms with E-state index in [0.717, 1.165) is 13.0 Å². The average Bonchev–Trinajstić information content (AvgIpc) is 3.16. The van der Waals surface area contributed by atoms with Gasteiger partial charge in [-0.1, -0.05) is 35.9 Å². The number of aromatic hydroxyl groups is 1. The largest absolute Gasteiger partial charge is 0.491 e. The molecule has 2 aromatic carbocycles. The third-order valence-electron chi connectivity index (χ3n) is 4.51. The molecule has 32 heavy (non-hydrogen) atoms. The number of rotatable bonds is 8. The number of carboxylic acid groups (broad SMARTS) is 1. The Hall–Kier alpha value is -3.47. The van der Waals surface area contributed by atoms with Gasteiger partial charge in [0, 0.05) is 17.1 Å². The Morgan fingerprint density at radius 2 is 1.91 bits per heavy atom. The molecule has 1 amide bonds. The van der Waals surface area contributed by atoms with E-state index in [4.69, 9.17) is 11.6 Å². The molecular weight excluding hydrogens is 445 g/mol. The Bertz CT molecular complexity index is 1130. The first-order chi connectivity index (χ1) is 15.0. The zero-order chi connectivity index (χ0) is 23.5. The predicted octanol–water partition coefficient (Wildman–Crippen LogP) is 2.82. The minimum absolute atomic E-state index is 0.00635. The summed E-state index contributed by atoms with van der Waals surface area (Å²) in [7, 11) is 0. The monoisotopic (exact) mass is 463 g/mol. The predicted molar refractivity (Wildman–Crippen MR) is 111 cm³/mol. The summed E-state index contributed by atoms with van der Waals surface area (Å²) in [6.45, 7) is 0.603. The van der Waals surface area contributed by atoms with Crippen molar-refractivity contribution in [3.63, 3.8) is 0 Å². The van der Waals surface area contributed by atoms with Crippen LogP contribution in [0, 0.1) is 5.82 Å². The normalized spacial score (nSPS) is 13.0. The zero-order valence-electron chi connectivity index (χ0n) is 16.7. The number of hydrazine groups is 1. The number of carbonyl (C=O) groups excluding carboxylic acids is 1. The van der Waals surface area contributed by atoms with Gasteiger partial charge >= 0.3 is 11.9 Å². The number of carbonyl (C=O) groups is 2. The first-order valence-electron chi connectivity index (χ1n) is 9.27. The number of aliphatic carboxylic acids is 1. The number of halogens is 2. The summed E-state index contributed by atoms with van der Waals surface area (Å²) < 4.78 is 18.8. The van der Waals surface area contributed by atoms with E-state index in [9.17, 15) is 29.3 Å². The molecule has 0 aliphatic rings. The summed E-state index contributed by atoms with van der Waals surface area (Å²) >= 11 is 5.94. The lowest BCUT2D eigenvalue weighted by molar-refractivity contribution is -0.159. The highest BCUT2D eigenvalue weighted by Crippen LogP contribution is 2.26. The van der Waals surface area contributed by atoms with E-state index in [-0.39, 0.29) is 12.3 Å². The molecule has 0 aliphatic carbocycles. The van der Waals surface area contributed by atoms with Gasteiger partial charge in [0.1, 0.15) is 5.82 Å². The molecule has 0 aliphatic heterocycles. The van der Waals surface area contributed by atoms with Crippen LogP contribution in [0.25, 0.3) is 11.1 Å². The van der Waals surface area contributed by atoms with E-state index < -0.39 is 35.7 Å². The summed E-state index contributed by atoms with van der Waals surface area (Å²) in [4.78, 5) is 23.7. The van der Waals surface area contributed by atoms with Gasteiger partial charge in [0.05, 0.1) is 12.6 Å². The van der Waals surface area contributed by atoms with Crippen LogP contribution in [-0.4, -0.2) is 49.5 Å². The number of hydrogen-bond acceptors (Lipinski definition) is 7. The Balaban J connectivity index is 1.81. The molecule has 3 rings (SSSR count). The number of nitrogens with one attached hydrogen (secondary N) is 1. The minimum Gasteiger partial charge on any atom is -0.491 e. The molecule has 0 radical (unpaired) electrons. The molecule has 11 heteroatoms. The van der Waals surface area contributed by atoms with E-state index >= 15 is 0 Å². The second-order valence-corrected chi connectivity index (χ2v) is 7.68. The second-order valence-electron chi connectivity index (χ2n) is 7.25. The first-order valence-corrected chi connectivity index (χ1v) is 9.65. The van der Waals surface area contributed by atoms with Crippen molar-refractivity contribution in [3.8, 4) is 17.0 Å². The Morgan fingerprint density at radius 3 is 2.50 bits per heavy atom. The van der Waals surface area contributed by atoms with Crippen molar-refractivity contribution in [1.82, 2.24) is 15.6 Å². The molecule has 9 nitrogen and oxygen atoms in total. The van der Waals surface area contributed by atoms with Crippen molar-refractivity contribution in [3.05, 3.63) is 70.7 Å². The third-order valence-corrected chi connectivity index (χ3v) is 4.74. The van der Waals surface area contributed by atoms with Crippen molar-refractivity contribution >= 4 is 23.5 Å². The van der Waals surface area contributed by atoms with Gasteiger partial charge < -0.3 is 19.8 Å². The molecule has 1 heterocycles. The van der Waals surface area contributed by atoms with Gasteiger partial charge in [-0.05, 0) is 41.4 Å². The highest BCUT2D eigenvalue weighted by atomic mass is 35.5. The van der Waals surface area contributed by atoms with Crippen LogP contribution < -0.4 is 5.43 Å². The van der Waals surface area contributed by atoms with Crippen LogP contribution in [0.1, 0.15) is 23.0 Å². The van der Waals surface area contributed by atoms with Crippen LogP contribution in [-0.2, 0) is 11.3 Å². The van der Waals surface area contributed by atoms with Crippen LogP contribution >= 0.6 is 11.6 Å². The molecule has 3 aromatic rings. The van der Waals surface area contributed by atoms with Gasteiger partial charge in [-0.2, -0.15) is 0 Å². The lowest BCUT2D eigenvalue weighted by atomic mass is 10.0. The van der Waals surface area contributed by atoms with Crippen LogP contribution in [0.3, 0.4) is 0 Å². The molecule has 0 saturated carbocycles. The van der Waals surface area contributed by atoms with Crippen LogP contribution in [0.4, 0.5) is 4.39 Å². The zero-order valence-corrected chi connectivity index (χ0v) is 17.5. The fourth-order valence-corrected chi connectivity index (χ4v) is 3.05. The van der Waals surface area contributed by atoms with Crippen molar-refractivity contribution in [2.45, 2.75) is 19.1 Å². The Labute approximate surface area is 186 Å². The smallest absolute Gasteiger partial charge is 0.336 e. The number of aliphatic hydroxyl groups is 1. The SMILES string of the molecule is CC(O)(CN(Cc1ccc(-c2cc(Cl)ccc2F)cc1)NC(=O)c1cc(O)no1)C(=O)O. The summed E-state index contributed by atoms with van der Waals surface area (Å²) in [5.74, 6) is -3.54. The Morgan fingerprint density at radius 1 is 1.22 bits per heavy atom. The van der Waals surface area contributed by atoms with Gasteiger partial charge in [-0.25, -0.2) is 14.2 Å². The molecule has 1 atom stereocenters. The fourth-order valence-electron chi connectivity index (χ4n) is 2.87. The van der Waals surface area contributed by atoms with Crippen LogP contribution in [0.5, 0.6) is 5.88 Å². The maximum Gasteiger partial charge on any atom is 0.336 e. The van der Waals surface area contributed by atoms with Crippen LogP contribution in [0.15, 0.2) is 53.1 Å². The lowest BCUT2D eigenvalue weighted by Crippen LogP contribution is -2.52. The molecule has 1 unspecified atom stereocenters. The molecule has 0 fully saturated rings. The lowest BCUT2D eigenvalue weighted by Gasteiger charge is -2.28. The fraction of sp³-hybridized carbons (Fsp3) is 0.190. The summed E-state index contributed by atoms with van der Waals surface area (Å²) in [6, 6.07) is 11.8. The van der Waals surface area contributed by atoms with Gasteiger partial charge in [0.2, 0.25) is 5.76 Å². The third kappa shape index (κ3) is 5.61. The van der Waals surface area contributed by atoms with Gasteiger partial charge in [-0.15, -0.1) is 0 Å². The molecule has 1 aromatic heterocycles. The Kier molecular flexibility index (Phi) is 6.78. The highest BCUT2D eigenvalue weighted by Gasteiger charge is 2.33. The number of aromatic nitrogens is 1. The number of amides is 1. The maximum atomic E-state index is 14.1. The molecular formula is C21H19ClFN3O6. The van der Waals surface area contributed by atoms with E-state index in [0.29, 0.717) is 21.7 Å². The van der Waals surface area contributed by atoms with Gasteiger partial charge in [-0.3, -0.25) is 10.2 Å². The van der Waals surface area contributed by atoms with Gasteiger partial charge in [0.15, 0.2) is 5.60 Å². The summed E-state index contributed by atoms with van der Waals surface area (Å²) in [5.41, 5.74) is 1.74. The standard InChI is InChI=1S/C21H19ClFN3O6/c1-21(31,20(29)30)11-26(24-19(28)17-9-18(27)25-32-17)10-12-2-4-13(5-3-12)15-8-14(22)6-7-16(15)23/h2-9,31H,10-11H2,1H3,(H,24,28)(H,25,27)(H,29,30). The van der Waals surface area contributed by atoms with Crippen molar-refractivity contribution in [1.29, 1.82) is 0 Å². The van der Waals surface area contributed by atoms with Crippen molar-refractivity contribution in [2.75, 3.05) is 6.54 Å². The molecule has 0 saturated heterocycles. The van der Waals surface area contributed by atoms with Crippen molar-refractivity contribution in [2.24, 2.45) is 0 Å². The topological polar surface area (TPSA) is 136 Å². The highest BCUT2D eigenvalue weighted by molar-refractivity contribution is 6.30. The second kappa shape index (κ2) is 9.35. The molecule has 168 valence electrons. The number of benzene rings is 2. The van der Waals surface area contributed by atoms with E-state index in [1.54, 1.807) is 24.3 Å². The molecule has 4 N–H and O–H groups in total. The van der Waals surface area contributed by atoms with Crippen molar-refractivity contribution < 1.29 is 33.8 Å². The summed E-state index contributed by atoms with van der Waals surface area (Å²) in [6.07, 6.45) is 0. The molecule has 0 spiro atoms. The van der Waals surface area contributed by atoms with Gasteiger partial charge in [0.25, 0.3) is 5.88 Å². The number of carboxylic acids is 1. The maximum absolute atomic E-state index is 14.1. The first kappa shape index (κ1) is 23.2. The number of hydrogen-bond donors (Lipinski definition) is 4. The summed E-state index contributed by atoms with van der Waals surface area (Å²) in [5, 5.41) is 33.4. The number of nitrogens with zero attached hydrogens (tertiary/aromatic N) is 2.